The lowest BCUT2D eigenvalue weighted by Gasteiger charge is -2.21. The van der Waals surface area contributed by atoms with Gasteiger partial charge < -0.3 is 10.1 Å². The highest BCUT2D eigenvalue weighted by Gasteiger charge is 2.32. The van der Waals surface area contributed by atoms with Gasteiger partial charge in [0.25, 0.3) is 0 Å². The lowest BCUT2D eigenvalue weighted by atomic mass is 10.1. The summed E-state index contributed by atoms with van der Waals surface area (Å²) in [6, 6.07) is 8.94. The van der Waals surface area contributed by atoms with Crippen molar-refractivity contribution in [3.63, 3.8) is 0 Å². The van der Waals surface area contributed by atoms with Gasteiger partial charge in [-0.05, 0) is 37.4 Å². The molecule has 0 bridgehead atoms. The molecule has 2 atom stereocenters. The van der Waals surface area contributed by atoms with Crippen LogP contribution >= 0.6 is 11.8 Å². The SMILES string of the molecule is CCCNC1c2ccccc2CC1SCC(=O)OCC. The summed E-state index contributed by atoms with van der Waals surface area (Å²) in [6.07, 6.45) is 2.15. The number of hydrogen-bond acceptors (Lipinski definition) is 4. The monoisotopic (exact) mass is 293 g/mol. The van der Waals surface area contributed by atoms with Crippen LogP contribution in [0.3, 0.4) is 0 Å². The second kappa shape index (κ2) is 7.70. The van der Waals surface area contributed by atoms with Gasteiger partial charge >= 0.3 is 5.97 Å². The van der Waals surface area contributed by atoms with Gasteiger partial charge in [0.2, 0.25) is 0 Å². The smallest absolute Gasteiger partial charge is 0.315 e. The van der Waals surface area contributed by atoms with Gasteiger partial charge in [-0.3, -0.25) is 4.79 Å². The first-order valence-corrected chi connectivity index (χ1v) is 8.39. The highest BCUT2D eigenvalue weighted by Crippen LogP contribution is 2.38. The third kappa shape index (κ3) is 3.76. The molecule has 1 aliphatic carbocycles. The van der Waals surface area contributed by atoms with Crippen LogP contribution in [0, 0.1) is 0 Å². The average Bonchev–Trinajstić information content (AvgIpc) is 2.81. The van der Waals surface area contributed by atoms with Gasteiger partial charge in [0.05, 0.1) is 12.4 Å². The third-order valence-corrected chi connectivity index (χ3v) is 4.79. The molecule has 2 rings (SSSR count). The largest absolute Gasteiger partial charge is 0.465 e. The Morgan fingerprint density at radius 2 is 2.20 bits per heavy atom. The van der Waals surface area contributed by atoms with Gasteiger partial charge in [-0.25, -0.2) is 0 Å². The van der Waals surface area contributed by atoms with Crippen molar-refractivity contribution in [3.8, 4) is 0 Å². The highest BCUT2D eigenvalue weighted by molar-refractivity contribution is 8.00. The molecule has 0 fully saturated rings. The van der Waals surface area contributed by atoms with E-state index in [1.165, 1.54) is 11.1 Å². The molecule has 0 aromatic heterocycles. The number of carbonyl (C=O) groups excluding carboxylic acids is 1. The maximum Gasteiger partial charge on any atom is 0.315 e. The Morgan fingerprint density at radius 1 is 1.40 bits per heavy atom. The zero-order chi connectivity index (χ0) is 14.4. The Balaban J connectivity index is 1.99. The van der Waals surface area contributed by atoms with E-state index in [0.717, 1.165) is 19.4 Å². The predicted molar refractivity (Wildman–Crippen MR) is 84.1 cm³/mol. The Bertz CT molecular complexity index is 450. The van der Waals surface area contributed by atoms with Crippen molar-refractivity contribution in [2.75, 3.05) is 18.9 Å². The van der Waals surface area contributed by atoms with Crippen LogP contribution in [0.1, 0.15) is 37.4 Å². The zero-order valence-electron chi connectivity index (χ0n) is 12.2. The van der Waals surface area contributed by atoms with Crippen molar-refractivity contribution in [2.45, 2.75) is 38.0 Å². The van der Waals surface area contributed by atoms with Gasteiger partial charge in [-0.2, -0.15) is 0 Å². The number of esters is 1. The molecule has 1 aromatic carbocycles. The van der Waals surface area contributed by atoms with Crippen molar-refractivity contribution in [3.05, 3.63) is 35.4 Å². The summed E-state index contributed by atoms with van der Waals surface area (Å²) in [5.41, 5.74) is 2.80. The molecular weight excluding hydrogens is 270 g/mol. The topological polar surface area (TPSA) is 38.3 Å². The number of rotatable bonds is 7. The van der Waals surface area contributed by atoms with E-state index in [4.69, 9.17) is 4.74 Å². The lowest BCUT2D eigenvalue weighted by molar-refractivity contribution is -0.139. The van der Waals surface area contributed by atoms with Crippen LogP contribution in [0.4, 0.5) is 0 Å². The number of ether oxygens (including phenoxy) is 1. The standard InChI is InChI=1S/C16H23NO2S/c1-3-9-17-16-13-8-6-5-7-12(13)10-14(16)20-11-15(18)19-4-2/h5-8,14,16-17H,3-4,9-11H2,1-2H3. The maximum absolute atomic E-state index is 11.5. The van der Waals surface area contributed by atoms with Gasteiger partial charge in [0.15, 0.2) is 0 Å². The second-order valence-electron chi connectivity index (χ2n) is 4.99. The number of hydrogen-bond donors (Lipinski definition) is 1. The van der Waals surface area contributed by atoms with E-state index in [0.29, 0.717) is 23.7 Å². The molecule has 0 radical (unpaired) electrons. The maximum atomic E-state index is 11.5. The lowest BCUT2D eigenvalue weighted by Crippen LogP contribution is -2.28. The molecule has 3 nitrogen and oxygen atoms in total. The quantitative estimate of drug-likeness (QED) is 0.785. The molecule has 1 N–H and O–H groups in total. The van der Waals surface area contributed by atoms with Crippen LogP contribution in [0.25, 0.3) is 0 Å². The van der Waals surface area contributed by atoms with Crippen LogP contribution in [0.15, 0.2) is 24.3 Å². The molecule has 4 heteroatoms. The summed E-state index contributed by atoms with van der Waals surface area (Å²) < 4.78 is 5.01. The summed E-state index contributed by atoms with van der Waals surface area (Å²) in [7, 11) is 0. The fourth-order valence-electron chi connectivity index (χ4n) is 2.63. The van der Waals surface area contributed by atoms with Crippen molar-refractivity contribution < 1.29 is 9.53 Å². The Morgan fingerprint density at radius 3 is 2.95 bits per heavy atom. The third-order valence-electron chi connectivity index (χ3n) is 3.52. The summed E-state index contributed by atoms with van der Waals surface area (Å²) in [5.74, 6) is 0.333. The first-order valence-electron chi connectivity index (χ1n) is 7.34. The minimum Gasteiger partial charge on any atom is -0.465 e. The molecule has 20 heavy (non-hydrogen) atoms. The zero-order valence-corrected chi connectivity index (χ0v) is 13.0. The van der Waals surface area contributed by atoms with E-state index in [2.05, 4.69) is 36.5 Å². The van der Waals surface area contributed by atoms with Crippen LogP contribution in [0.2, 0.25) is 0 Å². The van der Waals surface area contributed by atoms with E-state index in [1.807, 2.05) is 6.92 Å². The molecular formula is C16H23NO2S. The number of nitrogens with one attached hydrogen (secondary N) is 1. The number of benzene rings is 1. The van der Waals surface area contributed by atoms with E-state index in [1.54, 1.807) is 11.8 Å². The minimum atomic E-state index is -0.109. The Hall–Kier alpha value is -1.00. The van der Waals surface area contributed by atoms with Crippen molar-refractivity contribution >= 4 is 17.7 Å². The van der Waals surface area contributed by atoms with E-state index in [9.17, 15) is 4.79 Å². The van der Waals surface area contributed by atoms with E-state index < -0.39 is 0 Å². The molecule has 0 spiro atoms. The molecule has 0 amide bonds. The molecule has 1 aliphatic rings. The Kier molecular flexibility index (Phi) is 5.92. The van der Waals surface area contributed by atoms with Crippen molar-refractivity contribution in [2.24, 2.45) is 0 Å². The first kappa shape index (κ1) is 15.4. The minimum absolute atomic E-state index is 0.109. The summed E-state index contributed by atoms with van der Waals surface area (Å²) in [5, 5.41) is 4.04. The van der Waals surface area contributed by atoms with Gasteiger partial charge in [0, 0.05) is 11.3 Å². The van der Waals surface area contributed by atoms with E-state index >= 15 is 0 Å². The van der Waals surface area contributed by atoms with Gasteiger partial charge in [-0.1, -0.05) is 31.2 Å². The summed E-state index contributed by atoms with van der Waals surface area (Å²) in [4.78, 5) is 11.5. The van der Waals surface area contributed by atoms with Gasteiger partial charge in [-0.15, -0.1) is 11.8 Å². The van der Waals surface area contributed by atoms with Crippen LogP contribution in [-0.2, 0) is 16.0 Å². The fraction of sp³-hybridized carbons (Fsp3) is 0.562. The van der Waals surface area contributed by atoms with Crippen LogP contribution < -0.4 is 5.32 Å². The predicted octanol–water partition coefficient (Wildman–Crippen LogP) is 2.95. The average molecular weight is 293 g/mol. The van der Waals surface area contributed by atoms with Gasteiger partial charge in [0.1, 0.15) is 0 Å². The fourth-order valence-corrected chi connectivity index (χ4v) is 3.80. The molecule has 0 saturated carbocycles. The second-order valence-corrected chi connectivity index (χ2v) is 6.22. The molecule has 110 valence electrons. The molecule has 2 unspecified atom stereocenters. The summed E-state index contributed by atoms with van der Waals surface area (Å²) >= 11 is 1.71. The van der Waals surface area contributed by atoms with Crippen molar-refractivity contribution in [1.29, 1.82) is 0 Å². The first-order chi connectivity index (χ1) is 9.76. The van der Waals surface area contributed by atoms with Crippen molar-refractivity contribution in [1.82, 2.24) is 5.32 Å². The van der Waals surface area contributed by atoms with E-state index in [-0.39, 0.29) is 5.97 Å². The number of carbonyl (C=O) groups is 1. The number of thioether (sulfide) groups is 1. The Labute approximate surface area is 125 Å². The van der Waals surface area contributed by atoms with Crippen LogP contribution in [0.5, 0.6) is 0 Å². The molecule has 0 saturated heterocycles. The molecule has 1 aromatic rings. The summed E-state index contributed by atoms with van der Waals surface area (Å²) in [6.45, 7) is 5.49. The highest BCUT2D eigenvalue weighted by atomic mass is 32.2. The molecule has 0 heterocycles. The number of fused-ring (bicyclic) bond motifs is 1. The normalized spacial score (nSPS) is 20.7. The van der Waals surface area contributed by atoms with Crippen LogP contribution in [-0.4, -0.2) is 30.1 Å². The molecule has 0 aliphatic heterocycles.